The van der Waals surface area contributed by atoms with Gasteiger partial charge in [0.15, 0.2) is 6.10 Å². The molecule has 2 saturated heterocycles. The second-order valence-corrected chi connectivity index (χ2v) is 10.3. The van der Waals surface area contributed by atoms with E-state index in [9.17, 15) is 22.8 Å². The maximum Gasteiger partial charge on any atom is 0.414 e. The van der Waals surface area contributed by atoms with E-state index in [4.69, 9.17) is 18.9 Å². The molecular weight excluding hydrogens is 543 g/mol. The number of carbonyl (C=O) groups is 2. The number of halogens is 3. The van der Waals surface area contributed by atoms with Crippen LogP contribution in [0.1, 0.15) is 30.1 Å². The van der Waals surface area contributed by atoms with E-state index < -0.39 is 30.9 Å². The zero-order chi connectivity index (χ0) is 28.8. The average Bonchev–Trinajstić information content (AvgIpc) is 2.98. The number of amides is 2. The van der Waals surface area contributed by atoms with E-state index in [-0.39, 0.29) is 25.7 Å². The van der Waals surface area contributed by atoms with Crippen LogP contribution in [-0.4, -0.2) is 93.2 Å². The van der Waals surface area contributed by atoms with Gasteiger partial charge in [0.05, 0.1) is 18.9 Å². The number of fused-ring (bicyclic) bond motifs is 1. The average molecular weight is 578 g/mol. The van der Waals surface area contributed by atoms with Crippen LogP contribution in [0.4, 0.5) is 23.7 Å². The van der Waals surface area contributed by atoms with Gasteiger partial charge in [-0.2, -0.15) is 13.2 Å². The second-order valence-electron chi connectivity index (χ2n) is 10.3. The highest BCUT2D eigenvalue weighted by molar-refractivity contribution is 5.91. The van der Waals surface area contributed by atoms with Crippen molar-refractivity contribution >= 4 is 17.7 Å². The van der Waals surface area contributed by atoms with Crippen molar-refractivity contribution in [3.8, 4) is 5.75 Å². The summed E-state index contributed by atoms with van der Waals surface area (Å²) in [6.45, 7) is 3.45. The SMILES string of the molecule is O=C(C(OCC(F)(F)F)c1ccc(OCCN2CCOCC2)cc1)N1CCC(N2C(=O)OCc3ccccc32)CC1. The molecule has 41 heavy (non-hydrogen) atoms. The Labute approximate surface area is 236 Å². The quantitative estimate of drug-likeness (QED) is 0.443. The molecule has 3 aliphatic heterocycles. The lowest BCUT2D eigenvalue weighted by atomic mass is 9.99. The predicted molar refractivity (Wildman–Crippen MR) is 143 cm³/mol. The summed E-state index contributed by atoms with van der Waals surface area (Å²) >= 11 is 0. The second kappa shape index (κ2) is 13.1. The Hall–Kier alpha value is -3.35. The van der Waals surface area contributed by atoms with Crippen LogP contribution in [0.15, 0.2) is 48.5 Å². The number of piperidine rings is 1. The Morgan fingerprint density at radius 2 is 1.71 bits per heavy atom. The molecule has 3 heterocycles. The molecule has 1 unspecified atom stereocenters. The number of benzene rings is 2. The molecule has 0 radical (unpaired) electrons. The Morgan fingerprint density at radius 1 is 1.00 bits per heavy atom. The molecular formula is C29H34F3N3O6. The molecule has 222 valence electrons. The van der Waals surface area contributed by atoms with Crippen LogP contribution >= 0.6 is 0 Å². The Balaban J connectivity index is 1.21. The Kier molecular flexibility index (Phi) is 9.31. The first-order valence-electron chi connectivity index (χ1n) is 13.8. The molecule has 1 atom stereocenters. The van der Waals surface area contributed by atoms with Gasteiger partial charge in [0.25, 0.3) is 5.91 Å². The summed E-state index contributed by atoms with van der Waals surface area (Å²) in [7, 11) is 0. The molecule has 12 heteroatoms. The van der Waals surface area contributed by atoms with E-state index in [1.54, 1.807) is 29.2 Å². The lowest BCUT2D eigenvalue weighted by Crippen LogP contribution is -2.51. The summed E-state index contributed by atoms with van der Waals surface area (Å²) in [5.41, 5.74) is 2.00. The molecule has 2 fully saturated rings. The molecule has 0 spiro atoms. The predicted octanol–water partition coefficient (Wildman–Crippen LogP) is 4.17. The van der Waals surface area contributed by atoms with Crippen molar-refractivity contribution in [3.63, 3.8) is 0 Å². The van der Waals surface area contributed by atoms with Crippen molar-refractivity contribution < 1.29 is 41.7 Å². The third-order valence-electron chi connectivity index (χ3n) is 7.54. The fraction of sp³-hybridized carbons (Fsp3) is 0.517. The zero-order valence-corrected chi connectivity index (χ0v) is 22.7. The number of nitrogens with zero attached hydrogens (tertiary/aromatic N) is 3. The number of rotatable bonds is 9. The van der Waals surface area contributed by atoms with Gasteiger partial charge < -0.3 is 23.8 Å². The summed E-state index contributed by atoms with van der Waals surface area (Å²) in [4.78, 5) is 31.4. The zero-order valence-electron chi connectivity index (χ0n) is 22.7. The number of hydrogen-bond donors (Lipinski definition) is 0. The number of ether oxygens (including phenoxy) is 4. The molecule has 5 rings (SSSR count). The Bertz CT molecular complexity index is 1180. The third-order valence-corrected chi connectivity index (χ3v) is 7.54. The monoisotopic (exact) mass is 577 g/mol. The van der Waals surface area contributed by atoms with Crippen LogP contribution in [0, 0.1) is 0 Å². The number of para-hydroxylation sites is 1. The number of anilines is 1. The highest BCUT2D eigenvalue weighted by Crippen LogP contribution is 2.33. The molecule has 0 aromatic heterocycles. The van der Waals surface area contributed by atoms with Gasteiger partial charge in [-0.3, -0.25) is 14.6 Å². The molecule has 0 saturated carbocycles. The van der Waals surface area contributed by atoms with E-state index in [1.165, 1.54) is 4.90 Å². The third kappa shape index (κ3) is 7.49. The van der Waals surface area contributed by atoms with Gasteiger partial charge in [-0.1, -0.05) is 30.3 Å². The lowest BCUT2D eigenvalue weighted by molar-refractivity contribution is -0.191. The van der Waals surface area contributed by atoms with Gasteiger partial charge >= 0.3 is 12.3 Å². The minimum Gasteiger partial charge on any atom is -0.492 e. The lowest BCUT2D eigenvalue weighted by Gasteiger charge is -2.40. The minimum atomic E-state index is -4.59. The fourth-order valence-corrected chi connectivity index (χ4v) is 5.38. The molecule has 0 N–H and O–H groups in total. The largest absolute Gasteiger partial charge is 0.492 e. The van der Waals surface area contributed by atoms with Crippen molar-refractivity contribution in [1.82, 2.24) is 9.80 Å². The number of morpholine rings is 1. The first-order valence-corrected chi connectivity index (χ1v) is 13.8. The van der Waals surface area contributed by atoms with Gasteiger partial charge in [0.2, 0.25) is 0 Å². The number of carbonyl (C=O) groups excluding carboxylic acids is 2. The van der Waals surface area contributed by atoms with Crippen molar-refractivity contribution in [1.29, 1.82) is 0 Å². The van der Waals surface area contributed by atoms with Crippen LogP contribution in [0.5, 0.6) is 5.75 Å². The molecule has 3 aliphatic rings. The van der Waals surface area contributed by atoms with Crippen molar-refractivity contribution in [2.45, 2.75) is 37.8 Å². The molecule has 9 nitrogen and oxygen atoms in total. The number of likely N-dealkylation sites (tertiary alicyclic amines) is 1. The summed E-state index contributed by atoms with van der Waals surface area (Å²) < 4.78 is 60.9. The summed E-state index contributed by atoms with van der Waals surface area (Å²) in [5.74, 6) is 0.00819. The van der Waals surface area contributed by atoms with E-state index >= 15 is 0 Å². The van der Waals surface area contributed by atoms with Crippen LogP contribution in [0.25, 0.3) is 0 Å². The summed E-state index contributed by atoms with van der Waals surface area (Å²) in [6, 6.07) is 13.7. The molecule has 0 aliphatic carbocycles. The smallest absolute Gasteiger partial charge is 0.414 e. The van der Waals surface area contributed by atoms with Gasteiger partial charge in [0.1, 0.15) is 25.6 Å². The molecule has 2 amide bonds. The van der Waals surface area contributed by atoms with E-state index in [1.807, 2.05) is 24.3 Å². The van der Waals surface area contributed by atoms with Crippen LogP contribution in [-0.2, 0) is 25.6 Å². The number of cyclic esters (lactones) is 1. The van der Waals surface area contributed by atoms with Crippen molar-refractivity contribution in [2.24, 2.45) is 0 Å². The van der Waals surface area contributed by atoms with Gasteiger partial charge in [-0.25, -0.2) is 4.79 Å². The van der Waals surface area contributed by atoms with Crippen molar-refractivity contribution in [2.75, 3.05) is 64.1 Å². The maximum absolute atomic E-state index is 13.5. The first-order chi connectivity index (χ1) is 19.8. The van der Waals surface area contributed by atoms with E-state index in [0.29, 0.717) is 44.0 Å². The maximum atomic E-state index is 13.5. The van der Waals surface area contributed by atoms with Crippen LogP contribution in [0.2, 0.25) is 0 Å². The van der Waals surface area contributed by atoms with E-state index in [2.05, 4.69) is 4.90 Å². The summed E-state index contributed by atoms with van der Waals surface area (Å²) in [6.07, 6.45) is -5.53. The highest BCUT2D eigenvalue weighted by atomic mass is 19.4. The topological polar surface area (TPSA) is 80.8 Å². The molecule has 2 aromatic carbocycles. The molecule has 2 aromatic rings. The van der Waals surface area contributed by atoms with Gasteiger partial charge in [-0.05, 0) is 36.6 Å². The van der Waals surface area contributed by atoms with E-state index in [0.717, 1.165) is 30.9 Å². The fourth-order valence-electron chi connectivity index (χ4n) is 5.38. The first kappa shape index (κ1) is 29.2. The Morgan fingerprint density at radius 3 is 2.41 bits per heavy atom. The number of hydrogen-bond acceptors (Lipinski definition) is 7. The van der Waals surface area contributed by atoms with Gasteiger partial charge in [0, 0.05) is 44.3 Å². The summed E-state index contributed by atoms with van der Waals surface area (Å²) in [5, 5.41) is 0. The van der Waals surface area contributed by atoms with Crippen LogP contribution in [0.3, 0.4) is 0 Å². The highest BCUT2D eigenvalue weighted by Gasteiger charge is 2.38. The normalized spacial score (nSPS) is 19.4. The number of alkyl halides is 3. The van der Waals surface area contributed by atoms with Gasteiger partial charge in [-0.15, -0.1) is 0 Å². The van der Waals surface area contributed by atoms with Crippen LogP contribution < -0.4 is 9.64 Å². The minimum absolute atomic E-state index is 0.198. The molecule has 0 bridgehead atoms. The standard InChI is InChI=1S/C29H34F3N3O6/c30-29(31,32)20-41-26(21-5-7-24(8-6-21)39-18-15-33-13-16-38-17-14-33)27(36)34-11-9-23(10-12-34)35-25-4-2-1-3-22(25)19-40-28(35)37/h1-8,23,26H,9-20H2. The van der Waals surface area contributed by atoms with Crippen molar-refractivity contribution in [3.05, 3.63) is 59.7 Å².